The van der Waals surface area contributed by atoms with Gasteiger partial charge in [0.2, 0.25) is 17.6 Å². The molecule has 0 aliphatic rings. The van der Waals surface area contributed by atoms with Gasteiger partial charge in [0.1, 0.15) is 6.04 Å². The summed E-state index contributed by atoms with van der Waals surface area (Å²) in [7, 11) is 0. The van der Waals surface area contributed by atoms with Crippen LogP contribution < -0.4 is 5.32 Å². The van der Waals surface area contributed by atoms with Gasteiger partial charge in [-0.25, -0.2) is 0 Å². The smallest absolute Gasteiger partial charge is 0.249 e. The molecule has 1 atom stereocenters. The van der Waals surface area contributed by atoms with Gasteiger partial charge in [0.05, 0.1) is 0 Å². The average Bonchev–Trinajstić information content (AvgIpc) is 3.15. The molecule has 7 nitrogen and oxygen atoms in total. The Labute approximate surface area is 151 Å². The van der Waals surface area contributed by atoms with E-state index in [1.165, 1.54) is 6.08 Å². The first kappa shape index (κ1) is 17.5. The lowest BCUT2D eigenvalue weighted by molar-refractivity contribution is -0.117. The van der Waals surface area contributed by atoms with Crippen LogP contribution in [0.15, 0.2) is 59.7 Å². The number of amides is 1. The molecule has 1 N–H and O–H groups in total. The number of pyridine rings is 2. The van der Waals surface area contributed by atoms with Gasteiger partial charge in [-0.2, -0.15) is 4.98 Å². The van der Waals surface area contributed by atoms with E-state index < -0.39 is 0 Å². The van der Waals surface area contributed by atoms with Crippen LogP contribution in [0, 0.1) is 5.92 Å². The molecule has 3 rings (SSSR count). The average molecular weight is 349 g/mol. The van der Waals surface area contributed by atoms with Gasteiger partial charge in [-0.15, -0.1) is 0 Å². The van der Waals surface area contributed by atoms with E-state index in [0.29, 0.717) is 11.7 Å². The Kier molecular flexibility index (Phi) is 5.48. The molecule has 7 heteroatoms. The van der Waals surface area contributed by atoms with Crippen molar-refractivity contribution < 1.29 is 9.32 Å². The maximum atomic E-state index is 12.3. The Morgan fingerprint density at radius 1 is 1.08 bits per heavy atom. The number of nitrogens with one attached hydrogen (secondary N) is 1. The summed E-state index contributed by atoms with van der Waals surface area (Å²) in [5, 5.41) is 6.92. The minimum absolute atomic E-state index is 0.0824. The third-order valence-corrected chi connectivity index (χ3v) is 3.74. The molecule has 3 heterocycles. The molecule has 3 aromatic heterocycles. The number of aromatic nitrogens is 4. The fourth-order valence-electron chi connectivity index (χ4n) is 2.34. The molecule has 1 amide bonds. The van der Waals surface area contributed by atoms with Crippen molar-refractivity contribution in [2.75, 3.05) is 0 Å². The molecule has 0 saturated carbocycles. The second kappa shape index (κ2) is 8.15. The fourth-order valence-corrected chi connectivity index (χ4v) is 2.34. The van der Waals surface area contributed by atoms with Crippen molar-refractivity contribution in [2.45, 2.75) is 19.9 Å². The molecule has 0 bridgehead atoms. The van der Waals surface area contributed by atoms with Gasteiger partial charge < -0.3 is 9.84 Å². The molecule has 0 fully saturated rings. The van der Waals surface area contributed by atoms with E-state index in [1.54, 1.807) is 43.0 Å². The summed E-state index contributed by atoms with van der Waals surface area (Å²) in [4.78, 5) is 24.6. The van der Waals surface area contributed by atoms with E-state index in [9.17, 15) is 4.79 Å². The highest BCUT2D eigenvalue weighted by Gasteiger charge is 2.24. The molecule has 3 aromatic rings. The van der Waals surface area contributed by atoms with Gasteiger partial charge in [0.15, 0.2) is 0 Å². The van der Waals surface area contributed by atoms with Crippen LogP contribution >= 0.6 is 0 Å². The highest BCUT2D eigenvalue weighted by molar-refractivity contribution is 5.91. The zero-order valence-corrected chi connectivity index (χ0v) is 14.5. The van der Waals surface area contributed by atoms with Crippen molar-refractivity contribution in [1.82, 2.24) is 25.4 Å². The van der Waals surface area contributed by atoms with Crippen molar-refractivity contribution in [2.24, 2.45) is 5.92 Å². The van der Waals surface area contributed by atoms with Gasteiger partial charge in [0.25, 0.3) is 0 Å². The van der Waals surface area contributed by atoms with E-state index in [2.05, 4.69) is 25.4 Å². The zero-order chi connectivity index (χ0) is 18.4. The number of carbonyl (C=O) groups excluding carboxylic acids is 1. The van der Waals surface area contributed by atoms with E-state index in [-0.39, 0.29) is 17.9 Å². The predicted molar refractivity (Wildman–Crippen MR) is 96.5 cm³/mol. The van der Waals surface area contributed by atoms with Crippen LogP contribution in [-0.2, 0) is 4.79 Å². The van der Waals surface area contributed by atoms with Gasteiger partial charge in [-0.05, 0) is 41.8 Å². The molecule has 0 aromatic carbocycles. The van der Waals surface area contributed by atoms with Crippen molar-refractivity contribution >= 4 is 12.0 Å². The summed E-state index contributed by atoms with van der Waals surface area (Å²) in [6.45, 7) is 3.96. The van der Waals surface area contributed by atoms with E-state index in [1.807, 2.05) is 26.0 Å². The lowest BCUT2D eigenvalue weighted by Crippen LogP contribution is -2.30. The fraction of sp³-hybridized carbons (Fsp3) is 0.211. The topological polar surface area (TPSA) is 93.8 Å². The molecule has 0 aliphatic heterocycles. The third kappa shape index (κ3) is 4.38. The van der Waals surface area contributed by atoms with Gasteiger partial charge in [0, 0.05) is 36.4 Å². The monoisotopic (exact) mass is 349 g/mol. The Balaban J connectivity index is 1.72. The largest absolute Gasteiger partial charge is 0.340 e. The van der Waals surface area contributed by atoms with Gasteiger partial charge in [-0.3, -0.25) is 14.8 Å². The first-order chi connectivity index (χ1) is 12.6. The molecule has 0 spiro atoms. The van der Waals surface area contributed by atoms with Crippen LogP contribution in [0.2, 0.25) is 0 Å². The molecule has 26 heavy (non-hydrogen) atoms. The van der Waals surface area contributed by atoms with Crippen LogP contribution in [0.25, 0.3) is 17.5 Å². The molecule has 0 aliphatic carbocycles. The number of hydrogen-bond acceptors (Lipinski definition) is 6. The standard InChI is InChI=1S/C19H19N5O2/c1-13(2)17(22-16(25)4-3-14-5-9-20-10-6-14)19-23-18(24-26-19)15-7-11-21-12-8-15/h3-13,17H,1-2H3,(H,22,25)/b4-3-/t17-/m1/s1. The highest BCUT2D eigenvalue weighted by atomic mass is 16.5. The number of hydrogen-bond donors (Lipinski definition) is 1. The molecular weight excluding hydrogens is 330 g/mol. The summed E-state index contributed by atoms with van der Waals surface area (Å²) in [5.74, 6) is 0.690. The van der Waals surface area contributed by atoms with Crippen molar-refractivity contribution in [3.8, 4) is 11.4 Å². The number of nitrogens with zero attached hydrogens (tertiary/aromatic N) is 4. The Morgan fingerprint density at radius 3 is 2.38 bits per heavy atom. The maximum absolute atomic E-state index is 12.3. The van der Waals surface area contributed by atoms with Crippen LogP contribution in [-0.4, -0.2) is 26.0 Å². The zero-order valence-electron chi connectivity index (χ0n) is 14.5. The summed E-state index contributed by atoms with van der Waals surface area (Å²) >= 11 is 0. The maximum Gasteiger partial charge on any atom is 0.249 e. The van der Waals surface area contributed by atoms with Gasteiger partial charge >= 0.3 is 0 Å². The molecule has 0 saturated heterocycles. The van der Waals surface area contributed by atoms with Crippen LogP contribution in [0.3, 0.4) is 0 Å². The SMILES string of the molecule is CC(C)[C@@H](NC(=O)/C=C\c1ccncc1)c1nc(-c2ccncc2)no1. The minimum Gasteiger partial charge on any atom is -0.340 e. The van der Waals surface area contributed by atoms with Crippen LogP contribution in [0.4, 0.5) is 0 Å². The predicted octanol–water partition coefficient (Wildman–Crippen LogP) is 3.05. The molecule has 0 radical (unpaired) electrons. The van der Waals surface area contributed by atoms with E-state index >= 15 is 0 Å². The second-order valence-electron chi connectivity index (χ2n) is 6.04. The van der Waals surface area contributed by atoms with Crippen molar-refractivity contribution in [1.29, 1.82) is 0 Å². The lowest BCUT2D eigenvalue weighted by Gasteiger charge is -2.17. The molecule has 0 unspecified atom stereocenters. The third-order valence-electron chi connectivity index (χ3n) is 3.74. The Morgan fingerprint density at radius 2 is 1.73 bits per heavy atom. The summed E-state index contributed by atoms with van der Waals surface area (Å²) in [6.07, 6.45) is 9.88. The second-order valence-corrected chi connectivity index (χ2v) is 6.04. The highest BCUT2D eigenvalue weighted by Crippen LogP contribution is 2.23. The summed E-state index contributed by atoms with van der Waals surface area (Å²) in [5.41, 5.74) is 1.70. The Bertz CT molecular complexity index is 875. The first-order valence-corrected chi connectivity index (χ1v) is 8.26. The van der Waals surface area contributed by atoms with E-state index in [0.717, 1.165) is 11.1 Å². The van der Waals surface area contributed by atoms with Crippen LogP contribution in [0.1, 0.15) is 31.3 Å². The number of rotatable bonds is 6. The minimum atomic E-state index is -0.382. The Hall–Kier alpha value is -3.35. The van der Waals surface area contributed by atoms with Gasteiger partial charge in [-0.1, -0.05) is 19.0 Å². The summed E-state index contributed by atoms with van der Waals surface area (Å²) in [6, 6.07) is 6.86. The van der Waals surface area contributed by atoms with E-state index in [4.69, 9.17) is 4.52 Å². The number of carbonyl (C=O) groups is 1. The molecule has 132 valence electrons. The quantitative estimate of drug-likeness (QED) is 0.687. The van der Waals surface area contributed by atoms with Crippen LogP contribution in [0.5, 0.6) is 0 Å². The first-order valence-electron chi connectivity index (χ1n) is 8.26. The molecular formula is C19H19N5O2. The summed E-state index contributed by atoms with van der Waals surface area (Å²) < 4.78 is 5.38. The van der Waals surface area contributed by atoms with Crippen molar-refractivity contribution in [3.05, 3.63) is 66.6 Å². The normalized spacial score (nSPS) is 12.4. The van der Waals surface area contributed by atoms with Crippen molar-refractivity contribution in [3.63, 3.8) is 0 Å². The lowest BCUT2D eigenvalue weighted by atomic mass is 10.0.